The van der Waals surface area contributed by atoms with E-state index in [1.807, 2.05) is 18.9 Å². The van der Waals surface area contributed by atoms with Gasteiger partial charge >= 0.3 is 0 Å². The molecule has 2 rings (SSSR count). The number of Topliss-reactive ketones (excluding diaryl/α,β-unsaturated/α-hetero) is 2. The van der Waals surface area contributed by atoms with Gasteiger partial charge in [0.1, 0.15) is 5.84 Å². The highest BCUT2D eigenvalue weighted by atomic mass is 16.1. The summed E-state index contributed by atoms with van der Waals surface area (Å²) < 4.78 is 0. The smallest absolute Gasteiger partial charge is 0.197 e. The molecule has 1 atom stereocenters. The lowest BCUT2D eigenvalue weighted by Crippen LogP contribution is -2.45. The molecular weight excluding hydrogens is 280 g/mol. The van der Waals surface area contributed by atoms with E-state index in [0.717, 1.165) is 0 Å². The Balaban J connectivity index is 2.46. The van der Waals surface area contributed by atoms with E-state index in [0.29, 0.717) is 35.0 Å². The minimum absolute atomic E-state index is 0.107. The molecule has 0 amide bonds. The number of benzene rings is 1. The summed E-state index contributed by atoms with van der Waals surface area (Å²) in [6, 6.07) is 5.11. The van der Waals surface area contributed by atoms with E-state index in [4.69, 9.17) is 5.73 Å². The molecule has 22 heavy (non-hydrogen) atoms. The topological polar surface area (TPSA) is 88.1 Å². The predicted octanol–water partition coefficient (Wildman–Crippen LogP) is 2.16. The summed E-state index contributed by atoms with van der Waals surface area (Å²) in [7, 11) is 1.88. The van der Waals surface area contributed by atoms with Gasteiger partial charge in [-0.25, -0.2) is 4.99 Å². The zero-order valence-corrected chi connectivity index (χ0v) is 13.3. The number of nitrogens with zero attached hydrogens (tertiary/aromatic N) is 3. The molecular formula is C16H20N4O2. The van der Waals surface area contributed by atoms with Gasteiger partial charge in [0, 0.05) is 30.6 Å². The molecule has 0 bridgehead atoms. The third-order valence-corrected chi connectivity index (χ3v) is 3.73. The normalized spacial score (nSPS) is 20.0. The summed E-state index contributed by atoms with van der Waals surface area (Å²) in [6.07, 6.45) is 0.650. The lowest BCUT2D eigenvalue weighted by Gasteiger charge is -2.29. The number of guanidine groups is 1. The van der Waals surface area contributed by atoms with Crippen LogP contribution in [0, 0.1) is 0 Å². The van der Waals surface area contributed by atoms with E-state index in [1.54, 1.807) is 18.2 Å². The number of amidine groups is 1. The highest BCUT2D eigenvalue weighted by molar-refractivity contribution is 6.02. The van der Waals surface area contributed by atoms with Crippen LogP contribution in [-0.4, -0.2) is 41.4 Å². The minimum atomic E-state index is -0.107. The SMILES string of the molecule is CC(=O)c1cc(N=C2CC(C)N(C)C(N)=N2)cc(C(C)=O)c1. The van der Waals surface area contributed by atoms with Crippen molar-refractivity contribution < 1.29 is 9.59 Å². The first-order chi connectivity index (χ1) is 10.3. The first-order valence-corrected chi connectivity index (χ1v) is 7.09. The fraction of sp³-hybridized carbons (Fsp3) is 0.375. The van der Waals surface area contributed by atoms with Crippen LogP contribution in [0.1, 0.15) is 47.9 Å². The van der Waals surface area contributed by atoms with E-state index >= 15 is 0 Å². The molecule has 6 heteroatoms. The maximum absolute atomic E-state index is 11.6. The van der Waals surface area contributed by atoms with Crippen molar-refractivity contribution in [2.75, 3.05) is 7.05 Å². The van der Waals surface area contributed by atoms with E-state index < -0.39 is 0 Å². The molecule has 0 saturated heterocycles. The molecule has 1 aromatic carbocycles. The van der Waals surface area contributed by atoms with Crippen molar-refractivity contribution >= 4 is 29.0 Å². The summed E-state index contributed by atoms with van der Waals surface area (Å²) >= 11 is 0. The van der Waals surface area contributed by atoms with Gasteiger partial charge in [0.25, 0.3) is 0 Å². The molecule has 2 N–H and O–H groups in total. The number of hydrogen-bond donors (Lipinski definition) is 1. The number of carbonyl (C=O) groups is 2. The quantitative estimate of drug-likeness (QED) is 0.866. The van der Waals surface area contributed by atoms with Gasteiger partial charge in [-0.1, -0.05) is 0 Å². The lowest BCUT2D eigenvalue weighted by atomic mass is 10.0. The van der Waals surface area contributed by atoms with Crippen molar-refractivity contribution in [1.82, 2.24) is 4.90 Å². The van der Waals surface area contributed by atoms with Crippen LogP contribution in [0.4, 0.5) is 5.69 Å². The molecule has 0 aliphatic carbocycles. The fourth-order valence-corrected chi connectivity index (χ4v) is 2.19. The monoisotopic (exact) mass is 300 g/mol. The van der Waals surface area contributed by atoms with Crippen molar-refractivity contribution in [3.63, 3.8) is 0 Å². The maximum Gasteiger partial charge on any atom is 0.197 e. The molecule has 0 saturated carbocycles. The van der Waals surface area contributed by atoms with Crippen molar-refractivity contribution in [1.29, 1.82) is 0 Å². The Bertz CT molecular complexity index is 659. The number of ketones is 2. The molecule has 1 heterocycles. The number of nitrogens with two attached hydrogens (primary N) is 1. The second-order valence-electron chi connectivity index (χ2n) is 5.54. The Morgan fingerprint density at radius 2 is 1.77 bits per heavy atom. The summed E-state index contributed by atoms with van der Waals surface area (Å²) in [6.45, 7) is 4.96. The first-order valence-electron chi connectivity index (χ1n) is 7.09. The highest BCUT2D eigenvalue weighted by Crippen LogP contribution is 2.21. The van der Waals surface area contributed by atoms with Crippen LogP contribution in [0.3, 0.4) is 0 Å². The van der Waals surface area contributed by atoms with Crippen molar-refractivity contribution in [3.05, 3.63) is 29.3 Å². The van der Waals surface area contributed by atoms with Gasteiger partial charge < -0.3 is 10.6 Å². The van der Waals surface area contributed by atoms with Crippen molar-refractivity contribution in [2.24, 2.45) is 15.7 Å². The van der Waals surface area contributed by atoms with E-state index in [-0.39, 0.29) is 17.6 Å². The Hall–Kier alpha value is -2.50. The summed E-state index contributed by atoms with van der Waals surface area (Å²) in [5.74, 6) is 0.791. The number of rotatable bonds is 3. The summed E-state index contributed by atoms with van der Waals surface area (Å²) in [4.78, 5) is 33.8. The van der Waals surface area contributed by atoms with Gasteiger partial charge in [-0.3, -0.25) is 9.59 Å². The second kappa shape index (κ2) is 6.09. The largest absolute Gasteiger partial charge is 0.369 e. The molecule has 1 aromatic rings. The molecule has 0 spiro atoms. The van der Waals surface area contributed by atoms with Gasteiger partial charge in [-0.15, -0.1) is 0 Å². The number of aliphatic imine (C=N–C) groups is 2. The number of hydrogen-bond acceptors (Lipinski definition) is 5. The summed E-state index contributed by atoms with van der Waals surface area (Å²) in [5, 5.41) is 0. The van der Waals surface area contributed by atoms with Crippen LogP contribution in [0.15, 0.2) is 28.2 Å². The third kappa shape index (κ3) is 3.39. The van der Waals surface area contributed by atoms with E-state index in [2.05, 4.69) is 9.98 Å². The van der Waals surface area contributed by atoms with Crippen LogP contribution in [-0.2, 0) is 0 Å². The second-order valence-corrected chi connectivity index (χ2v) is 5.54. The van der Waals surface area contributed by atoms with Gasteiger partial charge in [-0.2, -0.15) is 4.99 Å². The van der Waals surface area contributed by atoms with Crippen LogP contribution in [0.25, 0.3) is 0 Å². The Morgan fingerprint density at radius 1 is 1.23 bits per heavy atom. The van der Waals surface area contributed by atoms with Gasteiger partial charge in [0.05, 0.1) is 5.69 Å². The molecule has 0 radical (unpaired) electrons. The maximum atomic E-state index is 11.6. The van der Waals surface area contributed by atoms with Crippen LogP contribution in [0.5, 0.6) is 0 Å². The molecule has 0 fully saturated rings. The van der Waals surface area contributed by atoms with Crippen molar-refractivity contribution in [2.45, 2.75) is 33.2 Å². The lowest BCUT2D eigenvalue weighted by molar-refractivity contribution is 0.101. The average molecular weight is 300 g/mol. The minimum Gasteiger partial charge on any atom is -0.369 e. The number of carbonyl (C=O) groups excluding carboxylic acids is 2. The third-order valence-electron chi connectivity index (χ3n) is 3.73. The Kier molecular flexibility index (Phi) is 4.40. The fourth-order valence-electron chi connectivity index (χ4n) is 2.19. The predicted molar refractivity (Wildman–Crippen MR) is 87.0 cm³/mol. The molecule has 0 aromatic heterocycles. The zero-order chi connectivity index (χ0) is 16.4. The summed E-state index contributed by atoms with van der Waals surface area (Å²) in [5.41, 5.74) is 7.32. The molecule has 6 nitrogen and oxygen atoms in total. The average Bonchev–Trinajstić information content (AvgIpc) is 2.44. The van der Waals surface area contributed by atoms with Crippen molar-refractivity contribution in [3.8, 4) is 0 Å². The standard InChI is InChI=1S/C16H20N4O2/c1-9-5-15(19-16(17)20(9)4)18-14-7-12(10(2)21)6-13(8-14)11(3)22/h6-9H,5H2,1-4H3,(H2,17,18,19). The zero-order valence-electron chi connectivity index (χ0n) is 13.3. The van der Waals surface area contributed by atoms with Gasteiger partial charge in [-0.05, 0) is 39.0 Å². The Labute approximate surface area is 129 Å². The Morgan fingerprint density at radius 3 is 2.23 bits per heavy atom. The van der Waals surface area contributed by atoms with E-state index in [9.17, 15) is 9.59 Å². The van der Waals surface area contributed by atoms with E-state index in [1.165, 1.54) is 13.8 Å². The van der Waals surface area contributed by atoms with Crippen LogP contribution >= 0.6 is 0 Å². The molecule has 1 aliphatic rings. The first kappa shape index (κ1) is 15.9. The van der Waals surface area contributed by atoms with Crippen LogP contribution in [0.2, 0.25) is 0 Å². The van der Waals surface area contributed by atoms with Gasteiger partial charge in [0.15, 0.2) is 17.5 Å². The molecule has 1 aliphatic heterocycles. The van der Waals surface area contributed by atoms with Crippen LogP contribution < -0.4 is 5.73 Å². The van der Waals surface area contributed by atoms with Gasteiger partial charge in [0.2, 0.25) is 0 Å². The molecule has 116 valence electrons. The highest BCUT2D eigenvalue weighted by Gasteiger charge is 2.20. The molecule has 1 unspecified atom stereocenters.